The van der Waals surface area contributed by atoms with Crippen molar-refractivity contribution in [2.45, 2.75) is 18.6 Å². The molecule has 1 aliphatic heterocycles. The lowest BCUT2D eigenvalue weighted by atomic mass is 10.0. The molecule has 3 aromatic heterocycles. The molecule has 160 valence electrons. The van der Waals surface area contributed by atoms with Gasteiger partial charge in [-0.05, 0) is 60.7 Å². The van der Waals surface area contributed by atoms with Gasteiger partial charge in [-0.2, -0.15) is 0 Å². The summed E-state index contributed by atoms with van der Waals surface area (Å²) in [5.41, 5.74) is 1.87. The molecular formula is C24H19N3O4S. The maximum Gasteiger partial charge on any atom is 0.335 e. The van der Waals surface area contributed by atoms with E-state index >= 15 is 0 Å². The molecule has 7 nitrogen and oxygen atoms in total. The van der Waals surface area contributed by atoms with Crippen molar-refractivity contribution < 1.29 is 18.7 Å². The van der Waals surface area contributed by atoms with E-state index in [0.717, 1.165) is 22.8 Å². The molecule has 1 fully saturated rings. The number of carboxylic acids is 1. The van der Waals surface area contributed by atoms with E-state index in [4.69, 9.17) is 26.2 Å². The number of carbonyl (C=O) groups is 1. The molecular weight excluding hydrogens is 426 g/mol. The smallest absolute Gasteiger partial charge is 0.335 e. The lowest BCUT2D eigenvalue weighted by Gasteiger charge is -2.25. The predicted octanol–water partition coefficient (Wildman–Crippen LogP) is 4.81. The standard InChI is InChI=1S/C24H19N3O4S/c28-23(29)16-8-6-15(7-9-16)19-10-11-20(31-19)22-21(18-5-1-2-12-25-18)26-24(32)27(22)14-17-4-3-13-30-17/h1-13,21-22H,14H2,(H,26,32)(H,28,29). The van der Waals surface area contributed by atoms with E-state index in [0.29, 0.717) is 17.4 Å². The fourth-order valence-corrected chi connectivity index (χ4v) is 4.20. The minimum Gasteiger partial charge on any atom is -0.478 e. The second-order valence-corrected chi connectivity index (χ2v) is 7.81. The molecule has 1 aromatic carbocycles. The van der Waals surface area contributed by atoms with Crippen molar-refractivity contribution in [2.24, 2.45) is 0 Å². The van der Waals surface area contributed by atoms with E-state index < -0.39 is 5.97 Å². The normalized spacial score (nSPS) is 18.0. The number of nitrogens with one attached hydrogen (secondary N) is 1. The molecule has 0 spiro atoms. The van der Waals surface area contributed by atoms with Crippen LogP contribution >= 0.6 is 12.2 Å². The molecule has 4 aromatic rings. The summed E-state index contributed by atoms with van der Waals surface area (Å²) in [7, 11) is 0. The zero-order valence-electron chi connectivity index (χ0n) is 16.8. The number of aromatic carboxylic acids is 1. The van der Waals surface area contributed by atoms with Crippen LogP contribution in [0.3, 0.4) is 0 Å². The quantitative estimate of drug-likeness (QED) is 0.409. The van der Waals surface area contributed by atoms with Crippen LogP contribution in [0.25, 0.3) is 11.3 Å². The summed E-state index contributed by atoms with van der Waals surface area (Å²) < 4.78 is 11.8. The average molecular weight is 446 g/mol. The topological polar surface area (TPSA) is 91.7 Å². The number of thiocarbonyl (C=S) groups is 1. The first kappa shape index (κ1) is 20.0. The molecule has 0 aliphatic carbocycles. The van der Waals surface area contributed by atoms with Gasteiger partial charge in [0.05, 0.1) is 30.1 Å². The summed E-state index contributed by atoms with van der Waals surface area (Å²) in [5.74, 6) is 1.19. The van der Waals surface area contributed by atoms with Crippen LogP contribution < -0.4 is 5.32 Å². The van der Waals surface area contributed by atoms with Crippen LogP contribution in [-0.4, -0.2) is 26.1 Å². The summed E-state index contributed by atoms with van der Waals surface area (Å²) in [4.78, 5) is 17.7. The highest BCUT2D eigenvalue weighted by molar-refractivity contribution is 7.80. The molecule has 4 heterocycles. The Balaban J connectivity index is 1.51. The molecule has 1 aliphatic rings. The van der Waals surface area contributed by atoms with Crippen molar-refractivity contribution in [3.05, 3.63) is 102 Å². The maximum absolute atomic E-state index is 11.1. The van der Waals surface area contributed by atoms with E-state index in [-0.39, 0.29) is 17.6 Å². The summed E-state index contributed by atoms with van der Waals surface area (Å²) in [5, 5.41) is 13.1. The summed E-state index contributed by atoms with van der Waals surface area (Å²) in [6, 6.07) is 19.5. The Hall–Kier alpha value is -3.91. The van der Waals surface area contributed by atoms with Crippen molar-refractivity contribution in [1.29, 1.82) is 0 Å². The van der Waals surface area contributed by atoms with Crippen LogP contribution in [0, 0.1) is 0 Å². The third kappa shape index (κ3) is 3.76. The molecule has 0 bridgehead atoms. The molecule has 1 saturated heterocycles. The first-order valence-corrected chi connectivity index (χ1v) is 10.4. The van der Waals surface area contributed by atoms with Crippen molar-refractivity contribution in [2.75, 3.05) is 0 Å². The van der Waals surface area contributed by atoms with Gasteiger partial charge >= 0.3 is 5.97 Å². The summed E-state index contributed by atoms with van der Waals surface area (Å²) >= 11 is 5.65. The predicted molar refractivity (Wildman–Crippen MR) is 121 cm³/mol. The highest BCUT2D eigenvalue weighted by Crippen LogP contribution is 2.41. The summed E-state index contributed by atoms with van der Waals surface area (Å²) in [6.45, 7) is 0.482. The molecule has 8 heteroatoms. The maximum atomic E-state index is 11.1. The van der Waals surface area contributed by atoms with E-state index in [1.165, 1.54) is 0 Å². The van der Waals surface area contributed by atoms with Crippen molar-refractivity contribution in [3.8, 4) is 11.3 Å². The molecule has 2 unspecified atom stereocenters. The second-order valence-electron chi connectivity index (χ2n) is 7.42. The Labute approximate surface area is 189 Å². The monoisotopic (exact) mass is 445 g/mol. The zero-order valence-corrected chi connectivity index (χ0v) is 17.7. The Morgan fingerprint density at radius 2 is 1.94 bits per heavy atom. The largest absolute Gasteiger partial charge is 0.478 e. The van der Waals surface area contributed by atoms with Gasteiger partial charge in [-0.1, -0.05) is 18.2 Å². The second kappa shape index (κ2) is 8.32. The van der Waals surface area contributed by atoms with Gasteiger partial charge in [-0.15, -0.1) is 0 Å². The summed E-state index contributed by atoms with van der Waals surface area (Å²) in [6.07, 6.45) is 3.39. The zero-order chi connectivity index (χ0) is 22.1. The van der Waals surface area contributed by atoms with Crippen LogP contribution in [0.1, 0.15) is 39.7 Å². The third-order valence-corrected chi connectivity index (χ3v) is 5.79. The highest BCUT2D eigenvalue weighted by Gasteiger charge is 2.42. The van der Waals surface area contributed by atoms with Crippen LogP contribution in [0.2, 0.25) is 0 Å². The van der Waals surface area contributed by atoms with Crippen LogP contribution in [0.15, 0.2) is 88.0 Å². The lowest BCUT2D eigenvalue weighted by molar-refractivity contribution is 0.0697. The van der Waals surface area contributed by atoms with Gasteiger partial charge in [0.25, 0.3) is 0 Å². The molecule has 2 atom stereocenters. The number of hydrogen-bond donors (Lipinski definition) is 2. The van der Waals surface area contributed by atoms with E-state index in [9.17, 15) is 4.79 Å². The lowest BCUT2D eigenvalue weighted by Crippen LogP contribution is -2.28. The van der Waals surface area contributed by atoms with E-state index in [2.05, 4.69) is 10.3 Å². The van der Waals surface area contributed by atoms with E-state index in [1.807, 2.05) is 47.4 Å². The minimum absolute atomic E-state index is 0.202. The van der Waals surface area contributed by atoms with Crippen LogP contribution in [-0.2, 0) is 6.54 Å². The molecule has 0 saturated carbocycles. The number of benzene rings is 1. The molecule has 0 radical (unpaired) electrons. The van der Waals surface area contributed by atoms with Gasteiger partial charge in [-0.3, -0.25) is 4.98 Å². The number of aromatic nitrogens is 1. The van der Waals surface area contributed by atoms with Gasteiger partial charge in [0.1, 0.15) is 23.3 Å². The highest BCUT2D eigenvalue weighted by atomic mass is 32.1. The van der Waals surface area contributed by atoms with Crippen molar-refractivity contribution in [1.82, 2.24) is 15.2 Å². The van der Waals surface area contributed by atoms with Gasteiger partial charge in [0.15, 0.2) is 5.11 Å². The Kier molecular flexibility index (Phi) is 5.20. The fourth-order valence-electron chi connectivity index (χ4n) is 3.90. The SMILES string of the molecule is O=C(O)c1ccc(-c2ccc(C3C(c4ccccn4)NC(=S)N3Cc3ccco3)o2)cc1. The van der Waals surface area contributed by atoms with Gasteiger partial charge in [0.2, 0.25) is 0 Å². The number of pyridine rings is 1. The number of nitrogens with zero attached hydrogens (tertiary/aromatic N) is 2. The number of hydrogen-bond acceptors (Lipinski definition) is 5. The van der Waals surface area contributed by atoms with Crippen LogP contribution in [0.5, 0.6) is 0 Å². The molecule has 32 heavy (non-hydrogen) atoms. The Morgan fingerprint density at radius 1 is 1.09 bits per heavy atom. The third-order valence-electron chi connectivity index (χ3n) is 5.44. The Morgan fingerprint density at radius 3 is 2.62 bits per heavy atom. The van der Waals surface area contributed by atoms with Gasteiger partial charge < -0.3 is 24.2 Å². The minimum atomic E-state index is -0.964. The van der Waals surface area contributed by atoms with E-state index in [1.54, 1.807) is 36.7 Å². The molecule has 0 amide bonds. The van der Waals surface area contributed by atoms with Crippen molar-refractivity contribution >= 4 is 23.3 Å². The van der Waals surface area contributed by atoms with Gasteiger partial charge in [0, 0.05) is 11.8 Å². The first-order chi connectivity index (χ1) is 15.6. The Bertz CT molecular complexity index is 1240. The molecule has 5 rings (SSSR count). The van der Waals surface area contributed by atoms with Crippen molar-refractivity contribution in [3.63, 3.8) is 0 Å². The fraction of sp³-hybridized carbons (Fsp3) is 0.125. The van der Waals surface area contributed by atoms with Gasteiger partial charge in [-0.25, -0.2) is 4.79 Å². The molecule has 2 N–H and O–H groups in total. The van der Waals surface area contributed by atoms with Crippen LogP contribution in [0.4, 0.5) is 0 Å². The first-order valence-electron chi connectivity index (χ1n) is 10.0. The number of carboxylic acid groups (broad SMARTS) is 1. The number of furan rings is 2. The average Bonchev–Trinajstić information content (AvgIpc) is 3.56. The number of rotatable bonds is 6.